The molecule has 0 saturated carbocycles. The molecule has 2 aliphatic heterocycles. The van der Waals surface area contributed by atoms with E-state index >= 15 is 0 Å². The summed E-state index contributed by atoms with van der Waals surface area (Å²) in [5.74, 6) is -0.0483. The normalized spacial score (nSPS) is 23.6. The highest BCUT2D eigenvalue weighted by Crippen LogP contribution is 2.34. The van der Waals surface area contributed by atoms with Crippen molar-refractivity contribution in [3.05, 3.63) is 81.7 Å². The first-order valence-electron chi connectivity index (χ1n) is 9.69. The lowest BCUT2D eigenvalue weighted by molar-refractivity contribution is -0.422. The van der Waals surface area contributed by atoms with Gasteiger partial charge in [-0.15, -0.1) is 0 Å². The number of allylic oxidation sites excluding steroid dienone is 3. The van der Waals surface area contributed by atoms with Gasteiger partial charge in [0.2, 0.25) is 5.91 Å². The molecule has 2 bridgehead atoms. The lowest BCUT2D eigenvalue weighted by Crippen LogP contribution is -2.40. The zero-order valence-electron chi connectivity index (χ0n) is 16.5. The van der Waals surface area contributed by atoms with Crippen LogP contribution in [0.15, 0.2) is 66.0 Å². The van der Waals surface area contributed by atoms with E-state index in [9.17, 15) is 14.9 Å². The first-order valence-corrected chi connectivity index (χ1v) is 9.69. The van der Waals surface area contributed by atoms with Crippen LogP contribution in [0.1, 0.15) is 38.7 Å². The summed E-state index contributed by atoms with van der Waals surface area (Å²) in [6.45, 7) is 8.48. The van der Waals surface area contributed by atoms with Crippen molar-refractivity contribution in [2.24, 2.45) is 0 Å². The predicted molar refractivity (Wildman–Crippen MR) is 109 cm³/mol. The first-order chi connectivity index (χ1) is 13.4. The first kappa shape index (κ1) is 20.0. The number of nitrogens with zero attached hydrogens (tertiary/aromatic N) is 3. The highest BCUT2D eigenvalue weighted by atomic mass is 16.6. The number of nitro groups is 1. The van der Waals surface area contributed by atoms with Gasteiger partial charge in [-0.05, 0) is 32.3 Å². The lowest BCUT2D eigenvalue weighted by atomic mass is 10.1. The molecule has 2 heterocycles. The standard InChI is InChI=1S/C22H27N3O3/c1-4-20(21(25(27)28)12-16(2)3)24-15-19-11-10-18(13-22(24)26)23(19)14-17-8-6-5-7-9-17/h4-9,12,18-19H,2,10-11,13-15H2,1,3H3/b20-4+,21-12+. The number of benzene rings is 1. The molecule has 0 aromatic heterocycles. The van der Waals surface area contributed by atoms with Gasteiger partial charge < -0.3 is 4.90 Å². The number of carbonyl (C=O) groups is 1. The fraction of sp³-hybridized carbons (Fsp3) is 0.409. The minimum atomic E-state index is -0.428. The van der Waals surface area contributed by atoms with Crippen molar-refractivity contribution in [2.45, 2.75) is 51.7 Å². The molecule has 28 heavy (non-hydrogen) atoms. The smallest absolute Gasteiger partial charge is 0.292 e. The van der Waals surface area contributed by atoms with Crippen LogP contribution in [0.5, 0.6) is 0 Å². The Hall–Kier alpha value is -2.73. The van der Waals surface area contributed by atoms with Crippen LogP contribution in [0.25, 0.3) is 0 Å². The van der Waals surface area contributed by atoms with Gasteiger partial charge in [0.15, 0.2) is 0 Å². The molecule has 0 radical (unpaired) electrons. The molecule has 1 aromatic carbocycles. The van der Waals surface area contributed by atoms with E-state index in [1.807, 2.05) is 18.2 Å². The molecule has 6 nitrogen and oxygen atoms in total. The molecule has 0 N–H and O–H groups in total. The molecule has 2 unspecified atom stereocenters. The van der Waals surface area contributed by atoms with Gasteiger partial charge in [0.05, 0.1) is 4.92 Å². The highest BCUT2D eigenvalue weighted by Gasteiger charge is 2.42. The fourth-order valence-electron chi connectivity index (χ4n) is 4.24. The van der Waals surface area contributed by atoms with E-state index in [0.29, 0.717) is 24.2 Å². The average molecular weight is 381 g/mol. The third-order valence-electron chi connectivity index (χ3n) is 5.49. The molecule has 2 saturated heterocycles. The van der Waals surface area contributed by atoms with Gasteiger partial charge in [-0.2, -0.15) is 0 Å². The molecular weight excluding hydrogens is 354 g/mol. The van der Waals surface area contributed by atoms with E-state index in [4.69, 9.17) is 0 Å². The third kappa shape index (κ3) is 4.22. The van der Waals surface area contributed by atoms with Gasteiger partial charge in [-0.3, -0.25) is 19.8 Å². The number of fused-ring (bicyclic) bond motifs is 2. The Bertz CT molecular complexity index is 829. The highest BCUT2D eigenvalue weighted by molar-refractivity contribution is 5.80. The molecule has 148 valence electrons. The maximum Gasteiger partial charge on any atom is 0.292 e. The summed E-state index contributed by atoms with van der Waals surface area (Å²) in [4.78, 5) is 28.2. The van der Waals surface area contributed by atoms with E-state index < -0.39 is 4.92 Å². The van der Waals surface area contributed by atoms with Gasteiger partial charge >= 0.3 is 0 Å². The SMILES string of the molecule is C=C(C)/C=C(\C(=C/C)N1CC2CCC(CC1=O)N2Cc1ccccc1)[N+](=O)[O-]. The van der Waals surface area contributed by atoms with Crippen LogP contribution in [0, 0.1) is 10.1 Å². The Morgan fingerprint density at radius 2 is 1.96 bits per heavy atom. The maximum atomic E-state index is 13.0. The molecule has 2 fully saturated rings. The van der Waals surface area contributed by atoms with Crippen molar-refractivity contribution in [2.75, 3.05) is 6.54 Å². The van der Waals surface area contributed by atoms with Crippen LogP contribution in [-0.4, -0.2) is 39.3 Å². The maximum absolute atomic E-state index is 13.0. The minimum absolute atomic E-state index is 0.0483. The van der Waals surface area contributed by atoms with Crippen LogP contribution in [0.3, 0.4) is 0 Å². The summed E-state index contributed by atoms with van der Waals surface area (Å²) in [5, 5.41) is 11.6. The topological polar surface area (TPSA) is 66.7 Å². The van der Waals surface area contributed by atoms with Gasteiger partial charge in [0.25, 0.3) is 5.70 Å². The van der Waals surface area contributed by atoms with Crippen LogP contribution < -0.4 is 0 Å². The Balaban J connectivity index is 1.87. The number of carbonyl (C=O) groups excluding carboxylic acids is 1. The van der Waals surface area contributed by atoms with Crippen LogP contribution >= 0.6 is 0 Å². The second-order valence-corrected chi connectivity index (χ2v) is 7.56. The predicted octanol–water partition coefficient (Wildman–Crippen LogP) is 3.89. The molecule has 6 heteroatoms. The van der Waals surface area contributed by atoms with Crippen molar-refractivity contribution < 1.29 is 9.72 Å². The van der Waals surface area contributed by atoms with Crippen LogP contribution in [0.2, 0.25) is 0 Å². The molecular formula is C22H27N3O3. The van der Waals surface area contributed by atoms with Crippen molar-refractivity contribution in [3.63, 3.8) is 0 Å². The lowest BCUT2D eigenvalue weighted by Gasteiger charge is -2.29. The van der Waals surface area contributed by atoms with Crippen molar-refractivity contribution in [1.29, 1.82) is 0 Å². The van der Waals surface area contributed by atoms with Crippen molar-refractivity contribution in [1.82, 2.24) is 9.80 Å². The van der Waals surface area contributed by atoms with Gasteiger partial charge in [0, 0.05) is 37.7 Å². The molecule has 1 aromatic rings. The van der Waals surface area contributed by atoms with E-state index in [2.05, 4.69) is 23.6 Å². The summed E-state index contributed by atoms with van der Waals surface area (Å²) >= 11 is 0. The van der Waals surface area contributed by atoms with Gasteiger partial charge in [0.1, 0.15) is 5.70 Å². The monoisotopic (exact) mass is 381 g/mol. The van der Waals surface area contributed by atoms with E-state index in [1.54, 1.807) is 24.8 Å². The average Bonchev–Trinajstić information content (AvgIpc) is 2.95. The Labute approximate surface area is 166 Å². The van der Waals surface area contributed by atoms with Crippen molar-refractivity contribution in [3.8, 4) is 0 Å². The molecule has 3 rings (SSSR count). The Morgan fingerprint density at radius 3 is 2.57 bits per heavy atom. The molecule has 0 spiro atoms. The fourth-order valence-corrected chi connectivity index (χ4v) is 4.24. The molecule has 2 atom stereocenters. The van der Waals surface area contributed by atoms with E-state index in [-0.39, 0.29) is 23.7 Å². The van der Waals surface area contributed by atoms with Gasteiger partial charge in [-0.25, -0.2) is 0 Å². The van der Waals surface area contributed by atoms with Crippen LogP contribution in [0.4, 0.5) is 0 Å². The Kier molecular flexibility index (Phi) is 6.09. The summed E-state index contributed by atoms with van der Waals surface area (Å²) in [7, 11) is 0. The Morgan fingerprint density at radius 1 is 1.29 bits per heavy atom. The summed E-state index contributed by atoms with van der Waals surface area (Å²) in [5.41, 5.74) is 2.10. The molecule has 0 aliphatic carbocycles. The summed E-state index contributed by atoms with van der Waals surface area (Å²) in [6, 6.07) is 10.6. The zero-order valence-corrected chi connectivity index (χ0v) is 16.5. The second kappa shape index (κ2) is 8.52. The summed E-state index contributed by atoms with van der Waals surface area (Å²) < 4.78 is 0. The number of likely N-dealkylation sites (tertiary alicyclic amines) is 1. The second-order valence-electron chi connectivity index (χ2n) is 7.56. The largest absolute Gasteiger partial charge is 0.305 e. The summed E-state index contributed by atoms with van der Waals surface area (Å²) in [6.07, 6.45) is 5.48. The quantitative estimate of drug-likeness (QED) is 0.426. The number of hydrogen-bond donors (Lipinski definition) is 0. The number of hydrogen-bond acceptors (Lipinski definition) is 4. The zero-order chi connectivity index (χ0) is 20.3. The van der Waals surface area contributed by atoms with Crippen LogP contribution in [-0.2, 0) is 11.3 Å². The number of amides is 1. The minimum Gasteiger partial charge on any atom is -0.305 e. The van der Waals surface area contributed by atoms with E-state index in [1.165, 1.54) is 11.6 Å². The van der Waals surface area contributed by atoms with Gasteiger partial charge in [-0.1, -0.05) is 48.6 Å². The van der Waals surface area contributed by atoms with E-state index in [0.717, 1.165) is 19.4 Å². The molecule has 2 aliphatic rings. The number of rotatable bonds is 6. The van der Waals surface area contributed by atoms with Crippen molar-refractivity contribution >= 4 is 5.91 Å². The third-order valence-corrected chi connectivity index (χ3v) is 5.49. The molecule has 1 amide bonds.